The van der Waals surface area contributed by atoms with Crippen molar-refractivity contribution in [1.29, 1.82) is 0 Å². The minimum absolute atomic E-state index is 0.133. The number of hydrogen-bond donors (Lipinski definition) is 0. The number of hydrogen-bond acceptors (Lipinski definition) is 5. The minimum Gasteiger partial charge on any atom is -0.495 e. The monoisotopic (exact) mass is 296 g/mol. The lowest BCUT2D eigenvalue weighted by molar-refractivity contribution is 0.103. The smallest absolute Gasteiger partial charge is 0.206 e. The largest absolute Gasteiger partial charge is 0.495 e. The van der Waals surface area contributed by atoms with E-state index in [9.17, 15) is 13.2 Å². The topological polar surface area (TPSA) is 60.4 Å². The molecule has 0 unspecified atom stereocenters. The number of methoxy groups -OCH3 is 1. The summed E-state index contributed by atoms with van der Waals surface area (Å²) >= 11 is 1.27. The van der Waals surface area contributed by atoms with E-state index in [1.165, 1.54) is 30.6 Å². The number of carbonyl (C=O) groups is 1. The number of benzene rings is 1. The van der Waals surface area contributed by atoms with E-state index in [1.54, 1.807) is 23.6 Å². The van der Waals surface area contributed by atoms with Crippen molar-refractivity contribution in [2.45, 2.75) is 4.90 Å². The standard InChI is InChI=1S/C13H12O4S2/c1-17-11-6-7-18-13(11)12(14)9-4-3-5-10(8-9)19(2,15)16/h3-8H,1-2H3. The van der Waals surface area contributed by atoms with E-state index in [0.717, 1.165) is 6.26 Å². The van der Waals surface area contributed by atoms with Crippen LogP contribution >= 0.6 is 11.3 Å². The Bertz CT molecular complexity index is 714. The summed E-state index contributed by atoms with van der Waals surface area (Å²) in [5.41, 5.74) is 0.337. The molecule has 4 nitrogen and oxygen atoms in total. The van der Waals surface area contributed by atoms with Crippen LogP contribution in [0.4, 0.5) is 0 Å². The second kappa shape index (κ2) is 5.14. The normalized spacial score (nSPS) is 11.3. The van der Waals surface area contributed by atoms with Gasteiger partial charge >= 0.3 is 0 Å². The third-order valence-electron chi connectivity index (χ3n) is 2.58. The molecule has 2 rings (SSSR count). The van der Waals surface area contributed by atoms with Crippen molar-refractivity contribution in [3.05, 3.63) is 46.2 Å². The van der Waals surface area contributed by atoms with Crippen LogP contribution in [-0.2, 0) is 9.84 Å². The molecule has 6 heteroatoms. The van der Waals surface area contributed by atoms with Gasteiger partial charge in [-0.1, -0.05) is 12.1 Å². The first-order valence-electron chi connectivity index (χ1n) is 5.40. The van der Waals surface area contributed by atoms with Gasteiger partial charge in [0.15, 0.2) is 9.84 Å². The molecule has 0 atom stereocenters. The zero-order chi connectivity index (χ0) is 14.0. The van der Waals surface area contributed by atoms with Crippen LogP contribution in [0.1, 0.15) is 15.2 Å². The Morgan fingerprint density at radius 2 is 2.00 bits per heavy atom. The fourth-order valence-electron chi connectivity index (χ4n) is 1.62. The molecular formula is C13H12O4S2. The van der Waals surface area contributed by atoms with Crippen LogP contribution in [0.15, 0.2) is 40.6 Å². The molecule has 0 saturated carbocycles. The molecular weight excluding hydrogens is 284 g/mol. The SMILES string of the molecule is COc1ccsc1C(=O)c1cccc(S(C)(=O)=O)c1. The molecule has 2 aromatic rings. The van der Waals surface area contributed by atoms with Crippen LogP contribution in [0.5, 0.6) is 5.75 Å². The first-order chi connectivity index (χ1) is 8.93. The maximum absolute atomic E-state index is 12.3. The predicted molar refractivity (Wildman–Crippen MR) is 73.9 cm³/mol. The lowest BCUT2D eigenvalue weighted by Gasteiger charge is -2.04. The van der Waals surface area contributed by atoms with Gasteiger partial charge < -0.3 is 4.74 Å². The molecule has 0 amide bonds. The van der Waals surface area contributed by atoms with Crippen molar-refractivity contribution in [3.8, 4) is 5.75 Å². The Morgan fingerprint density at radius 1 is 1.26 bits per heavy atom. The summed E-state index contributed by atoms with van der Waals surface area (Å²) in [7, 11) is -1.83. The highest BCUT2D eigenvalue weighted by Crippen LogP contribution is 2.27. The van der Waals surface area contributed by atoms with Crippen LogP contribution in [0.2, 0.25) is 0 Å². The van der Waals surface area contributed by atoms with Crippen LogP contribution in [0.3, 0.4) is 0 Å². The van der Waals surface area contributed by atoms with Gasteiger partial charge in [-0.15, -0.1) is 11.3 Å². The second-order valence-corrected chi connectivity index (χ2v) is 6.88. The summed E-state index contributed by atoms with van der Waals surface area (Å²) in [6.45, 7) is 0. The number of sulfone groups is 1. The highest BCUT2D eigenvalue weighted by atomic mass is 32.2. The molecule has 0 aliphatic rings. The molecule has 1 aromatic carbocycles. The molecule has 0 aliphatic carbocycles. The van der Waals surface area contributed by atoms with Crippen LogP contribution in [0, 0.1) is 0 Å². The fraction of sp³-hybridized carbons (Fsp3) is 0.154. The molecule has 1 heterocycles. The van der Waals surface area contributed by atoms with E-state index in [4.69, 9.17) is 4.74 Å². The van der Waals surface area contributed by atoms with Crippen molar-refractivity contribution in [2.75, 3.05) is 13.4 Å². The van der Waals surface area contributed by atoms with Crippen molar-refractivity contribution in [3.63, 3.8) is 0 Å². The summed E-state index contributed by atoms with van der Waals surface area (Å²) in [6, 6.07) is 7.72. The van der Waals surface area contributed by atoms with Gasteiger partial charge in [-0.3, -0.25) is 4.79 Å². The Kier molecular flexibility index (Phi) is 3.73. The number of ketones is 1. The number of ether oxygens (including phenoxy) is 1. The molecule has 0 aliphatic heterocycles. The van der Waals surface area contributed by atoms with E-state index in [1.807, 2.05) is 0 Å². The van der Waals surface area contributed by atoms with E-state index >= 15 is 0 Å². The van der Waals surface area contributed by atoms with Gasteiger partial charge in [0.05, 0.1) is 12.0 Å². The van der Waals surface area contributed by atoms with Crippen LogP contribution in [-0.4, -0.2) is 27.6 Å². The van der Waals surface area contributed by atoms with Gasteiger partial charge in [0, 0.05) is 11.8 Å². The third kappa shape index (κ3) is 2.85. The van der Waals surface area contributed by atoms with Gasteiger partial charge in [0.2, 0.25) is 5.78 Å². The van der Waals surface area contributed by atoms with Gasteiger partial charge in [-0.2, -0.15) is 0 Å². The predicted octanol–water partition coefficient (Wildman–Crippen LogP) is 2.39. The van der Waals surface area contributed by atoms with Crippen LogP contribution in [0.25, 0.3) is 0 Å². The number of carbonyl (C=O) groups excluding carboxylic acids is 1. The van der Waals surface area contributed by atoms with Crippen molar-refractivity contribution < 1.29 is 17.9 Å². The van der Waals surface area contributed by atoms with E-state index in [-0.39, 0.29) is 10.7 Å². The van der Waals surface area contributed by atoms with Crippen molar-refractivity contribution >= 4 is 27.0 Å². The average Bonchev–Trinajstić information content (AvgIpc) is 2.85. The van der Waals surface area contributed by atoms with E-state index in [0.29, 0.717) is 16.2 Å². The lowest BCUT2D eigenvalue weighted by Crippen LogP contribution is -2.04. The lowest BCUT2D eigenvalue weighted by atomic mass is 10.1. The van der Waals surface area contributed by atoms with E-state index < -0.39 is 9.84 Å². The molecule has 19 heavy (non-hydrogen) atoms. The Balaban J connectivity index is 2.46. The molecule has 0 N–H and O–H groups in total. The first kappa shape index (κ1) is 13.8. The summed E-state index contributed by atoms with van der Waals surface area (Å²) in [6.07, 6.45) is 1.11. The molecule has 100 valence electrons. The maximum atomic E-state index is 12.3. The number of thiophene rings is 1. The maximum Gasteiger partial charge on any atom is 0.206 e. The summed E-state index contributed by atoms with van der Waals surface area (Å²) in [5.74, 6) is 0.261. The molecule has 0 spiro atoms. The first-order valence-corrected chi connectivity index (χ1v) is 8.17. The highest BCUT2D eigenvalue weighted by Gasteiger charge is 2.17. The number of rotatable bonds is 4. The van der Waals surface area contributed by atoms with Gasteiger partial charge in [-0.25, -0.2) is 8.42 Å². The Morgan fingerprint density at radius 3 is 2.63 bits per heavy atom. The highest BCUT2D eigenvalue weighted by molar-refractivity contribution is 7.90. The van der Waals surface area contributed by atoms with Crippen molar-refractivity contribution in [2.24, 2.45) is 0 Å². The quantitative estimate of drug-likeness (QED) is 0.813. The molecule has 0 radical (unpaired) electrons. The van der Waals surface area contributed by atoms with Gasteiger partial charge in [0.25, 0.3) is 0 Å². The van der Waals surface area contributed by atoms with E-state index in [2.05, 4.69) is 0 Å². The fourth-order valence-corrected chi connectivity index (χ4v) is 3.11. The molecule has 0 fully saturated rings. The zero-order valence-electron chi connectivity index (χ0n) is 10.4. The summed E-state index contributed by atoms with van der Waals surface area (Å²) in [5, 5.41) is 1.76. The third-order valence-corrected chi connectivity index (χ3v) is 4.58. The van der Waals surface area contributed by atoms with Gasteiger partial charge in [-0.05, 0) is 23.6 Å². The Labute approximate surface area is 115 Å². The zero-order valence-corrected chi connectivity index (χ0v) is 12.0. The van der Waals surface area contributed by atoms with Crippen molar-refractivity contribution in [1.82, 2.24) is 0 Å². The molecule has 1 aromatic heterocycles. The van der Waals surface area contributed by atoms with Gasteiger partial charge in [0.1, 0.15) is 10.6 Å². The average molecular weight is 296 g/mol. The Hall–Kier alpha value is -1.66. The second-order valence-electron chi connectivity index (χ2n) is 3.95. The molecule has 0 saturated heterocycles. The summed E-state index contributed by atoms with van der Waals surface area (Å²) < 4.78 is 28.1. The minimum atomic E-state index is -3.32. The van der Waals surface area contributed by atoms with Crippen LogP contribution < -0.4 is 4.74 Å². The molecule has 0 bridgehead atoms. The summed E-state index contributed by atoms with van der Waals surface area (Å²) in [4.78, 5) is 12.9.